The zero-order valence-electron chi connectivity index (χ0n) is 12.5. The van der Waals surface area contributed by atoms with Gasteiger partial charge in [-0.2, -0.15) is 5.10 Å². The van der Waals surface area contributed by atoms with Crippen LogP contribution in [0.25, 0.3) is 0 Å². The molecule has 0 atom stereocenters. The average molecular weight is 335 g/mol. The summed E-state index contributed by atoms with van der Waals surface area (Å²) < 4.78 is 1.85. The van der Waals surface area contributed by atoms with Gasteiger partial charge in [-0.1, -0.05) is 37.0 Å². The Bertz CT molecular complexity index is 668. The molecular weight excluding hydrogens is 316 g/mol. The Labute approximate surface area is 140 Å². The zero-order valence-corrected chi connectivity index (χ0v) is 14.1. The highest BCUT2D eigenvalue weighted by molar-refractivity contribution is 8.02. The molecule has 0 fully saturated rings. The first-order valence-electron chi connectivity index (χ1n) is 6.94. The number of allylic oxidation sites excluding steroid dienone is 7. The molecule has 0 unspecified atom stereocenters. The number of aryl methyl sites for hydroxylation is 1. The summed E-state index contributed by atoms with van der Waals surface area (Å²) >= 11 is 7.48. The molecule has 0 amide bonds. The second-order valence-corrected chi connectivity index (χ2v) is 6.14. The molecular formula is C17H19ClN2OS. The zero-order chi connectivity index (χ0) is 15.9. The van der Waals surface area contributed by atoms with Gasteiger partial charge in [-0.05, 0) is 24.1 Å². The normalized spacial score (nSPS) is 16.9. The fourth-order valence-electron chi connectivity index (χ4n) is 2.03. The third kappa shape index (κ3) is 4.42. The van der Waals surface area contributed by atoms with Gasteiger partial charge in [-0.25, -0.2) is 0 Å². The van der Waals surface area contributed by atoms with Gasteiger partial charge in [0.1, 0.15) is 5.76 Å². The van der Waals surface area contributed by atoms with Crippen LogP contribution < -0.4 is 0 Å². The van der Waals surface area contributed by atoms with Gasteiger partial charge in [0.25, 0.3) is 0 Å². The van der Waals surface area contributed by atoms with E-state index in [1.54, 1.807) is 23.9 Å². The Morgan fingerprint density at radius 2 is 2.32 bits per heavy atom. The summed E-state index contributed by atoms with van der Waals surface area (Å²) in [6.07, 6.45) is 12.0. The van der Waals surface area contributed by atoms with Crippen LogP contribution in [0, 0.1) is 0 Å². The van der Waals surface area contributed by atoms with Crippen molar-refractivity contribution >= 4 is 23.4 Å². The lowest BCUT2D eigenvalue weighted by Gasteiger charge is -2.12. The highest BCUT2D eigenvalue weighted by atomic mass is 35.5. The van der Waals surface area contributed by atoms with E-state index in [1.165, 1.54) is 0 Å². The van der Waals surface area contributed by atoms with Crippen LogP contribution in [-0.2, 0) is 18.7 Å². The Kier molecular flexibility index (Phi) is 6.16. The predicted octanol–water partition coefficient (Wildman–Crippen LogP) is 4.79. The Hall–Kier alpha value is -1.65. The van der Waals surface area contributed by atoms with Crippen molar-refractivity contribution in [3.63, 3.8) is 0 Å². The minimum atomic E-state index is 0.324. The maximum Gasteiger partial charge on any atom is 0.120 e. The number of aliphatic hydroxyl groups excluding tert-OH is 1. The summed E-state index contributed by atoms with van der Waals surface area (Å²) in [7, 11) is 1.92. The van der Waals surface area contributed by atoms with E-state index in [0.717, 1.165) is 34.0 Å². The highest BCUT2D eigenvalue weighted by Gasteiger charge is 2.11. The molecule has 2 rings (SSSR count). The van der Waals surface area contributed by atoms with Crippen molar-refractivity contribution in [1.82, 2.24) is 9.78 Å². The van der Waals surface area contributed by atoms with Gasteiger partial charge in [0, 0.05) is 23.4 Å². The molecule has 0 aliphatic heterocycles. The van der Waals surface area contributed by atoms with Crippen molar-refractivity contribution in [1.29, 1.82) is 0 Å². The van der Waals surface area contributed by atoms with Crippen molar-refractivity contribution < 1.29 is 5.11 Å². The van der Waals surface area contributed by atoms with Crippen LogP contribution in [0.3, 0.4) is 0 Å². The van der Waals surface area contributed by atoms with E-state index in [4.69, 9.17) is 11.6 Å². The molecule has 1 N–H and O–H groups in total. The third-order valence-electron chi connectivity index (χ3n) is 3.23. The molecule has 0 radical (unpaired) electrons. The summed E-state index contributed by atoms with van der Waals surface area (Å²) in [6.45, 7) is 3.62. The number of thioether (sulfide) groups is 1. The number of hydrogen-bond acceptors (Lipinski definition) is 3. The largest absolute Gasteiger partial charge is 0.508 e. The van der Waals surface area contributed by atoms with Gasteiger partial charge >= 0.3 is 0 Å². The van der Waals surface area contributed by atoms with Crippen LogP contribution in [0.1, 0.15) is 17.8 Å². The van der Waals surface area contributed by atoms with Crippen LogP contribution in [0.4, 0.5) is 0 Å². The maximum absolute atomic E-state index is 10.1. The predicted molar refractivity (Wildman–Crippen MR) is 94.9 cm³/mol. The summed E-state index contributed by atoms with van der Waals surface area (Å²) in [5.41, 5.74) is 2.91. The molecule has 0 spiro atoms. The first-order valence-corrected chi connectivity index (χ1v) is 8.46. The molecule has 1 aromatic heterocycles. The number of rotatable bonds is 6. The van der Waals surface area contributed by atoms with Crippen molar-refractivity contribution in [2.45, 2.75) is 18.1 Å². The number of aliphatic hydroxyl groups is 1. The quantitative estimate of drug-likeness (QED) is 0.600. The fourth-order valence-corrected chi connectivity index (χ4v) is 3.15. The molecule has 1 aromatic rings. The minimum absolute atomic E-state index is 0.324. The second kappa shape index (κ2) is 8.11. The first kappa shape index (κ1) is 16.7. The van der Waals surface area contributed by atoms with E-state index in [0.29, 0.717) is 11.6 Å². The lowest BCUT2D eigenvalue weighted by molar-refractivity contribution is 0.420. The molecule has 0 aromatic carbocycles. The molecule has 0 bridgehead atoms. The Balaban J connectivity index is 1.98. The highest BCUT2D eigenvalue weighted by Crippen LogP contribution is 2.30. The Morgan fingerprint density at radius 3 is 2.95 bits per heavy atom. The van der Waals surface area contributed by atoms with Crippen molar-refractivity contribution in [3.8, 4) is 0 Å². The lowest BCUT2D eigenvalue weighted by atomic mass is 10.1. The summed E-state index contributed by atoms with van der Waals surface area (Å²) in [4.78, 5) is 1.07. The molecule has 1 heterocycles. The van der Waals surface area contributed by atoms with Gasteiger partial charge in [-0.15, -0.1) is 23.4 Å². The second-order valence-electron chi connectivity index (χ2n) is 4.83. The molecule has 0 saturated carbocycles. The van der Waals surface area contributed by atoms with E-state index in [9.17, 15) is 5.11 Å². The molecule has 5 heteroatoms. The van der Waals surface area contributed by atoms with Gasteiger partial charge in [0.15, 0.2) is 0 Å². The van der Waals surface area contributed by atoms with Crippen LogP contribution >= 0.6 is 23.4 Å². The van der Waals surface area contributed by atoms with Crippen molar-refractivity contribution in [2.24, 2.45) is 7.05 Å². The van der Waals surface area contributed by atoms with Crippen LogP contribution in [-0.4, -0.2) is 14.9 Å². The number of halogens is 1. The Morgan fingerprint density at radius 1 is 1.50 bits per heavy atom. The molecule has 0 saturated heterocycles. The topological polar surface area (TPSA) is 38.0 Å². The van der Waals surface area contributed by atoms with Crippen molar-refractivity contribution in [2.75, 3.05) is 0 Å². The SMILES string of the molecule is C=C/C=C\C=C1/CC=C(SCc2cc(CCl)nn2C)C=C1O. The number of alkyl halides is 1. The number of aromatic nitrogens is 2. The van der Waals surface area contributed by atoms with Gasteiger partial charge in [-0.3, -0.25) is 4.68 Å². The van der Waals surface area contributed by atoms with Gasteiger partial charge in [0.05, 0.1) is 11.6 Å². The molecule has 22 heavy (non-hydrogen) atoms. The van der Waals surface area contributed by atoms with Crippen LogP contribution in [0.2, 0.25) is 0 Å². The number of hydrogen-bond donors (Lipinski definition) is 1. The van der Waals surface area contributed by atoms with Gasteiger partial charge in [0.2, 0.25) is 0 Å². The van der Waals surface area contributed by atoms with E-state index >= 15 is 0 Å². The molecule has 1 aliphatic carbocycles. The van der Waals surface area contributed by atoms with E-state index in [2.05, 4.69) is 17.8 Å². The standard InChI is InChI=1S/C17H19ClN2OS/c1-3-4-5-6-13-7-8-16(10-17(13)21)22-12-15-9-14(11-18)19-20(15)2/h3-6,8-10,21H,1,7,11-12H2,2H3/b5-4-,13-6+. The lowest BCUT2D eigenvalue weighted by Crippen LogP contribution is -1.98. The first-order chi connectivity index (χ1) is 10.6. The summed E-state index contributed by atoms with van der Waals surface area (Å²) in [5, 5.41) is 14.4. The van der Waals surface area contributed by atoms with Crippen LogP contribution in [0.15, 0.2) is 65.3 Å². The summed E-state index contributed by atoms with van der Waals surface area (Å²) in [6, 6.07) is 2.01. The maximum atomic E-state index is 10.1. The van der Waals surface area contributed by atoms with E-state index in [1.807, 2.05) is 36.0 Å². The smallest absolute Gasteiger partial charge is 0.120 e. The molecule has 1 aliphatic rings. The molecule has 116 valence electrons. The third-order valence-corrected chi connectivity index (χ3v) is 4.56. The van der Waals surface area contributed by atoms with Gasteiger partial charge < -0.3 is 5.11 Å². The van der Waals surface area contributed by atoms with Crippen molar-refractivity contribution in [3.05, 3.63) is 76.7 Å². The minimum Gasteiger partial charge on any atom is -0.508 e. The average Bonchev–Trinajstić information content (AvgIpc) is 2.87. The molecule has 3 nitrogen and oxygen atoms in total. The van der Waals surface area contributed by atoms with E-state index < -0.39 is 0 Å². The van der Waals surface area contributed by atoms with Crippen LogP contribution in [0.5, 0.6) is 0 Å². The monoisotopic (exact) mass is 334 g/mol. The van der Waals surface area contributed by atoms with E-state index in [-0.39, 0.29) is 0 Å². The summed E-state index contributed by atoms with van der Waals surface area (Å²) in [5.74, 6) is 1.55. The fraction of sp³-hybridized carbons (Fsp3) is 0.235. The number of nitrogens with zero attached hydrogens (tertiary/aromatic N) is 2.